The van der Waals surface area contributed by atoms with E-state index in [-0.39, 0.29) is 0 Å². The molecule has 0 fully saturated rings. The summed E-state index contributed by atoms with van der Waals surface area (Å²) in [5.74, 6) is 0. The molecule has 0 aliphatic heterocycles. The van der Waals surface area contributed by atoms with E-state index in [0.29, 0.717) is 0 Å². The van der Waals surface area contributed by atoms with Crippen molar-refractivity contribution in [2.45, 2.75) is 41.5 Å². The summed E-state index contributed by atoms with van der Waals surface area (Å²) in [5, 5.41) is 0. The zero-order chi connectivity index (χ0) is 66.7. The molecule has 0 aromatic heterocycles. The maximum Gasteiger partial charge on any atom is 0.0462 e. The van der Waals surface area contributed by atoms with E-state index in [9.17, 15) is 0 Å². The monoisotopic (exact) mass is 1250 g/mol. The van der Waals surface area contributed by atoms with Gasteiger partial charge in [0.25, 0.3) is 0 Å². The number of hydrogen-bond donors (Lipinski definition) is 0. The first kappa shape index (κ1) is 65.2. The van der Waals surface area contributed by atoms with Crippen LogP contribution in [0.1, 0.15) is 117 Å². The van der Waals surface area contributed by atoms with Crippen molar-refractivity contribution >= 4 is 88.5 Å². The van der Waals surface area contributed by atoms with Crippen LogP contribution in [0.15, 0.2) is 328 Å². The molecule has 0 bridgehead atoms. The van der Waals surface area contributed by atoms with Crippen LogP contribution in [0, 0.1) is 41.5 Å². The van der Waals surface area contributed by atoms with Crippen LogP contribution in [0.2, 0.25) is 0 Å². The Hall–Kier alpha value is -11.9. The molecule has 0 saturated heterocycles. The van der Waals surface area contributed by atoms with E-state index in [1.165, 1.54) is 83.5 Å². The number of anilines is 3. The van der Waals surface area contributed by atoms with Crippen LogP contribution in [0.4, 0.5) is 17.1 Å². The van der Waals surface area contributed by atoms with Crippen molar-refractivity contribution in [2.75, 3.05) is 4.90 Å². The van der Waals surface area contributed by atoms with Crippen molar-refractivity contribution in [2.24, 2.45) is 0 Å². The van der Waals surface area contributed by atoms with Gasteiger partial charge in [-0.05, 0) is 178 Å². The highest BCUT2D eigenvalue weighted by atomic mass is 15.1. The van der Waals surface area contributed by atoms with Gasteiger partial charge in [-0.3, -0.25) is 0 Å². The van der Waals surface area contributed by atoms with Gasteiger partial charge in [0.05, 0.1) is 0 Å². The maximum atomic E-state index is 2.33. The molecule has 1 heteroatoms. The SMILES string of the molecule is Cc1ccc(C(=CC=Cc2ccc(C=Cc3ccc(N(c4ccc(C=Cc5ccc(C=CC=C(c6ccc(C)cc6)c6ccc(C)cc6)cc5)cc4)c4ccc(C=Cc5ccc(C=CC=C(c6ccc(C)cc6)c6ccc(C)cc6)cc5)cc4)cc3)cc2)c2ccc(C)cc2)cc1. The van der Waals surface area contributed by atoms with Gasteiger partial charge in [0.2, 0.25) is 0 Å². The van der Waals surface area contributed by atoms with Gasteiger partial charge >= 0.3 is 0 Å². The molecule has 0 unspecified atom stereocenters. The molecule has 0 amide bonds. The van der Waals surface area contributed by atoms with Gasteiger partial charge in [0, 0.05) is 17.1 Å². The molecule has 0 saturated carbocycles. The number of hydrogen-bond acceptors (Lipinski definition) is 1. The Morgan fingerprint density at radius 2 is 0.320 bits per heavy atom. The summed E-state index contributed by atoms with van der Waals surface area (Å²) in [6.07, 6.45) is 32.8. The minimum absolute atomic E-state index is 1.07. The molecular weight excluding hydrogens is 1170 g/mol. The molecular formula is C96H81N. The van der Waals surface area contributed by atoms with Crippen molar-refractivity contribution in [3.05, 3.63) is 444 Å². The standard InChI is InChI=1S/C96H81N/c1-70-16-52-85(53-17-70)94(86-54-18-71(2)19-55-86)13-7-10-76-28-34-79(35-29-76)40-43-82-46-64-91(65-47-82)97(92-66-48-83(49-67-92)44-41-80-36-30-77(31-37-80)11-8-14-95(87-56-20-72(3)21-57-87)88-58-22-73(4)23-59-88)93-68-50-84(51-69-93)45-42-81-38-32-78(33-39-81)12-9-15-96(89-60-24-74(5)25-61-89)90-62-26-75(6)27-63-90/h7-69H,1-6H3. The largest absolute Gasteiger partial charge is 0.311 e. The number of nitrogens with zero attached hydrogens (tertiary/aromatic N) is 1. The Morgan fingerprint density at radius 1 is 0.175 bits per heavy atom. The summed E-state index contributed by atoms with van der Waals surface area (Å²) in [4.78, 5) is 2.33. The number of allylic oxidation sites excluding steroid dienone is 6. The molecule has 0 radical (unpaired) electrons. The minimum atomic E-state index is 1.07. The molecule has 0 heterocycles. The minimum Gasteiger partial charge on any atom is -0.311 e. The van der Waals surface area contributed by atoms with Crippen LogP contribution in [0.25, 0.3) is 71.4 Å². The third-order valence-electron chi connectivity index (χ3n) is 17.5. The zero-order valence-electron chi connectivity index (χ0n) is 56.3. The van der Waals surface area contributed by atoms with Crippen molar-refractivity contribution in [3.63, 3.8) is 0 Å². The third kappa shape index (κ3) is 18.1. The van der Waals surface area contributed by atoms with Gasteiger partial charge < -0.3 is 4.90 Å². The Kier molecular flexibility index (Phi) is 21.4. The predicted octanol–water partition coefficient (Wildman–Crippen LogP) is 26.0. The Bertz CT molecular complexity index is 4210. The summed E-state index contributed by atoms with van der Waals surface area (Å²) < 4.78 is 0. The predicted molar refractivity (Wildman–Crippen MR) is 423 cm³/mol. The topological polar surface area (TPSA) is 3.24 Å². The van der Waals surface area contributed by atoms with Crippen LogP contribution in [0.5, 0.6) is 0 Å². The van der Waals surface area contributed by atoms with Crippen LogP contribution in [-0.2, 0) is 0 Å². The van der Waals surface area contributed by atoms with Crippen molar-refractivity contribution in [1.29, 1.82) is 0 Å². The van der Waals surface area contributed by atoms with Crippen LogP contribution >= 0.6 is 0 Å². The average molecular weight is 1250 g/mol. The summed E-state index contributed by atoms with van der Waals surface area (Å²) in [7, 11) is 0. The van der Waals surface area contributed by atoms with Gasteiger partial charge in [-0.15, -0.1) is 0 Å². The lowest BCUT2D eigenvalue weighted by molar-refractivity contribution is 1.28. The average Bonchev–Trinajstić information content (AvgIpc) is 0.939. The van der Waals surface area contributed by atoms with E-state index in [1.807, 2.05) is 0 Å². The van der Waals surface area contributed by atoms with Crippen molar-refractivity contribution in [3.8, 4) is 0 Å². The lowest BCUT2D eigenvalue weighted by atomic mass is 9.96. The lowest BCUT2D eigenvalue weighted by Crippen LogP contribution is -2.09. The molecule has 0 aliphatic carbocycles. The molecule has 0 atom stereocenters. The van der Waals surface area contributed by atoms with E-state index in [4.69, 9.17) is 0 Å². The molecule has 12 aromatic rings. The first-order valence-corrected chi connectivity index (χ1v) is 33.5. The van der Waals surface area contributed by atoms with Crippen molar-refractivity contribution in [1.82, 2.24) is 0 Å². The highest BCUT2D eigenvalue weighted by Crippen LogP contribution is 2.36. The van der Waals surface area contributed by atoms with Crippen LogP contribution in [0.3, 0.4) is 0 Å². The Balaban J connectivity index is 0.745. The van der Waals surface area contributed by atoms with Gasteiger partial charge in [0.15, 0.2) is 0 Å². The van der Waals surface area contributed by atoms with E-state index < -0.39 is 0 Å². The van der Waals surface area contributed by atoms with E-state index in [2.05, 4.69) is 429 Å². The van der Waals surface area contributed by atoms with Crippen LogP contribution < -0.4 is 4.90 Å². The number of rotatable bonds is 21. The molecule has 470 valence electrons. The van der Waals surface area contributed by atoms with E-state index in [1.54, 1.807) is 0 Å². The number of benzene rings is 12. The summed E-state index contributed by atoms with van der Waals surface area (Å²) in [6.45, 7) is 12.8. The molecule has 0 aliphatic rings. The smallest absolute Gasteiger partial charge is 0.0462 e. The number of aryl methyl sites for hydroxylation is 6. The highest BCUT2D eigenvalue weighted by Gasteiger charge is 2.14. The van der Waals surface area contributed by atoms with E-state index >= 15 is 0 Å². The van der Waals surface area contributed by atoms with Gasteiger partial charge in [-0.2, -0.15) is 0 Å². The maximum absolute atomic E-state index is 2.33. The Morgan fingerprint density at radius 3 is 0.485 bits per heavy atom. The molecule has 97 heavy (non-hydrogen) atoms. The summed E-state index contributed by atoms with van der Waals surface area (Å²) in [5.41, 5.74) is 31.8. The first-order valence-electron chi connectivity index (χ1n) is 33.5. The second-order valence-electron chi connectivity index (χ2n) is 25.1. The second kappa shape index (κ2) is 31.8. The van der Waals surface area contributed by atoms with Crippen molar-refractivity contribution < 1.29 is 0 Å². The third-order valence-corrected chi connectivity index (χ3v) is 17.5. The normalized spacial score (nSPS) is 11.6. The summed E-state index contributed by atoms with van der Waals surface area (Å²) in [6, 6.07) is 105. The fourth-order valence-corrected chi connectivity index (χ4v) is 11.6. The molecule has 0 spiro atoms. The molecule has 12 rings (SSSR count). The fourth-order valence-electron chi connectivity index (χ4n) is 11.6. The fraction of sp³-hybridized carbons (Fsp3) is 0.0625. The van der Waals surface area contributed by atoms with Gasteiger partial charge in [0.1, 0.15) is 0 Å². The quantitative estimate of drug-likeness (QED) is 0.0512. The van der Waals surface area contributed by atoms with Crippen LogP contribution in [-0.4, -0.2) is 0 Å². The van der Waals surface area contributed by atoms with Gasteiger partial charge in [-0.25, -0.2) is 0 Å². The highest BCUT2D eigenvalue weighted by molar-refractivity contribution is 5.86. The molecule has 1 nitrogen and oxygen atoms in total. The second-order valence-corrected chi connectivity index (χ2v) is 25.1. The lowest BCUT2D eigenvalue weighted by Gasteiger charge is -2.26. The van der Waals surface area contributed by atoms with Gasteiger partial charge in [-0.1, -0.05) is 379 Å². The van der Waals surface area contributed by atoms with E-state index in [0.717, 1.165) is 67.1 Å². The summed E-state index contributed by atoms with van der Waals surface area (Å²) >= 11 is 0. The zero-order valence-corrected chi connectivity index (χ0v) is 56.3. The molecule has 12 aromatic carbocycles. The molecule has 0 N–H and O–H groups in total. The first-order chi connectivity index (χ1) is 47.5. The Labute approximate surface area is 575 Å².